The highest BCUT2D eigenvalue weighted by Crippen LogP contribution is 2.51. The van der Waals surface area contributed by atoms with Crippen LogP contribution in [0.1, 0.15) is 49.5 Å². The first-order chi connectivity index (χ1) is 12.2. The molecule has 3 heterocycles. The van der Waals surface area contributed by atoms with Crippen LogP contribution in [-0.2, 0) is 9.59 Å². The zero-order valence-corrected chi connectivity index (χ0v) is 15.3. The molecule has 1 aromatic heterocycles. The molecule has 6 heteroatoms. The quantitative estimate of drug-likeness (QED) is 0.830. The lowest BCUT2D eigenvalue weighted by Gasteiger charge is -2.32. The summed E-state index contributed by atoms with van der Waals surface area (Å²) in [4.78, 5) is 34.7. The van der Waals surface area contributed by atoms with E-state index in [0.29, 0.717) is 19.0 Å². The lowest BCUT2D eigenvalue weighted by atomic mass is 9.76. The number of aromatic nitrogens is 1. The van der Waals surface area contributed by atoms with Crippen LogP contribution in [0.15, 0.2) is 11.6 Å². The molecule has 134 valence electrons. The molecule has 4 fully saturated rings. The minimum absolute atomic E-state index is 0.0779. The zero-order chi connectivity index (χ0) is 17.0. The van der Waals surface area contributed by atoms with E-state index < -0.39 is 5.41 Å². The Hall–Kier alpha value is -1.43. The van der Waals surface area contributed by atoms with Gasteiger partial charge in [0.05, 0.1) is 10.4 Å². The normalized spacial score (nSPS) is 32.6. The Morgan fingerprint density at radius 2 is 2.16 bits per heavy atom. The van der Waals surface area contributed by atoms with Gasteiger partial charge in [-0.3, -0.25) is 9.59 Å². The van der Waals surface area contributed by atoms with Crippen molar-refractivity contribution in [2.45, 2.75) is 44.4 Å². The zero-order valence-electron chi connectivity index (χ0n) is 14.5. The molecular formula is C19H25N3O2S. The van der Waals surface area contributed by atoms with Crippen molar-refractivity contribution in [1.82, 2.24) is 14.8 Å². The molecule has 2 atom stereocenters. The fourth-order valence-corrected chi connectivity index (χ4v) is 5.72. The third-order valence-corrected chi connectivity index (χ3v) is 7.66. The second-order valence-corrected chi connectivity index (χ2v) is 9.30. The standard InChI is InChI=1S/C19H25N3O2S/c23-17(14-4-5-14)22-11-15(16-20-7-9-25-16)19(12-22)6-8-21(18(19)24)10-13-2-1-3-13/h7,9,13-15H,1-6,8,10-12H2. The van der Waals surface area contributed by atoms with E-state index in [1.54, 1.807) is 11.3 Å². The van der Waals surface area contributed by atoms with Crippen LogP contribution in [0.3, 0.4) is 0 Å². The highest BCUT2D eigenvalue weighted by atomic mass is 32.1. The van der Waals surface area contributed by atoms with Crippen molar-refractivity contribution in [2.75, 3.05) is 26.2 Å². The predicted octanol–water partition coefficient (Wildman–Crippen LogP) is 2.50. The summed E-state index contributed by atoms with van der Waals surface area (Å²) in [6, 6.07) is 0. The van der Waals surface area contributed by atoms with Gasteiger partial charge in [-0.25, -0.2) is 4.98 Å². The molecule has 2 amide bonds. The molecule has 2 saturated heterocycles. The van der Waals surface area contributed by atoms with E-state index in [4.69, 9.17) is 0 Å². The van der Waals surface area contributed by atoms with Gasteiger partial charge in [0, 0.05) is 49.6 Å². The van der Waals surface area contributed by atoms with E-state index in [1.807, 2.05) is 16.5 Å². The largest absolute Gasteiger partial charge is 0.342 e. The van der Waals surface area contributed by atoms with Gasteiger partial charge in [-0.2, -0.15) is 0 Å². The Bertz CT molecular complexity index is 683. The van der Waals surface area contributed by atoms with Crippen molar-refractivity contribution >= 4 is 23.2 Å². The van der Waals surface area contributed by atoms with Gasteiger partial charge < -0.3 is 9.80 Å². The summed E-state index contributed by atoms with van der Waals surface area (Å²) in [5, 5.41) is 3.02. The third-order valence-electron chi connectivity index (χ3n) is 6.78. The maximum atomic E-state index is 13.4. The summed E-state index contributed by atoms with van der Waals surface area (Å²) >= 11 is 1.63. The summed E-state index contributed by atoms with van der Waals surface area (Å²) in [7, 11) is 0. The number of rotatable bonds is 4. The average Bonchev–Trinajstić information content (AvgIpc) is 3.02. The van der Waals surface area contributed by atoms with Gasteiger partial charge in [0.25, 0.3) is 0 Å². The number of nitrogens with zero attached hydrogens (tertiary/aromatic N) is 3. The second-order valence-electron chi connectivity index (χ2n) is 8.37. The Morgan fingerprint density at radius 3 is 2.80 bits per heavy atom. The van der Waals surface area contributed by atoms with Crippen LogP contribution in [0.25, 0.3) is 0 Å². The molecule has 1 aromatic rings. The number of carbonyl (C=O) groups is 2. The SMILES string of the molecule is O=C(C1CC1)N1CC(c2nccs2)C2(CCN(CC3CCC3)C2=O)C1. The van der Waals surface area contributed by atoms with Crippen molar-refractivity contribution in [3.8, 4) is 0 Å². The number of amides is 2. The van der Waals surface area contributed by atoms with E-state index in [0.717, 1.165) is 37.4 Å². The topological polar surface area (TPSA) is 53.5 Å². The van der Waals surface area contributed by atoms with Crippen LogP contribution in [0.5, 0.6) is 0 Å². The molecule has 0 bridgehead atoms. The highest BCUT2D eigenvalue weighted by molar-refractivity contribution is 7.09. The van der Waals surface area contributed by atoms with Crippen LogP contribution in [0, 0.1) is 17.3 Å². The number of hydrogen-bond acceptors (Lipinski definition) is 4. The Balaban J connectivity index is 1.42. The van der Waals surface area contributed by atoms with Gasteiger partial charge in [0.2, 0.25) is 11.8 Å². The molecule has 2 unspecified atom stereocenters. The first-order valence-corrected chi connectivity index (χ1v) is 10.5. The smallest absolute Gasteiger partial charge is 0.231 e. The van der Waals surface area contributed by atoms with Crippen molar-refractivity contribution in [1.29, 1.82) is 0 Å². The highest BCUT2D eigenvalue weighted by Gasteiger charge is 2.59. The molecule has 2 saturated carbocycles. The van der Waals surface area contributed by atoms with Crippen LogP contribution in [0.2, 0.25) is 0 Å². The Labute approximate surface area is 152 Å². The van der Waals surface area contributed by atoms with Crippen molar-refractivity contribution in [2.24, 2.45) is 17.3 Å². The van der Waals surface area contributed by atoms with E-state index >= 15 is 0 Å². The molecule has 0 aromatic carbocycles. The van der Waals surface area contributed by atoms with Gasteiger partial charge in [0.1, 0.15) is 0 Å². The van der Waals surface area contributed by atoms with E-state index in [-0.39, 0.29) is 23.7 Å². The first-order valence-electron chi connectivity index (χ1n) is 9.65. The monoisotopic (exact) mass is 359 g/mol. The summed E-state index contributed by atoms with van der Waals surface area (Å²) in [6.45, 7) is 3.04. The molecule has 5 rings (SSSR count). The summed E-state index contributed by atoms with van der Waals surface area (Å²) in [5.41, 5.74) is -0.424. The Morgan fingerprint density at radius 1 is 1.32 bits per heavy atom. The fraction of sp³-hybridized carbons (Fsp3) is 0.737. The number of hydrogen-bond donors (Lipinski definition) is 0. The van der Waals surface area contributed by atoms with E-state index in [2.05, 4.69) is 9.88 Å². The van der Waals surface area contributed by atoms with Crippen molar-refractivity contribution in [3.63, 3.8) is 0 Å². The van der Waals surface area contributed by atoms with Crippen LogP contribution >= 0.6 is 11.3 Å². The van der Waals surface area contributed by atoms with Gasteiger partial charge in [-0.05, 0) is 38.0 Å². The Kier molecular flexibility index (Phi) is 3.66. The van der Waals surface area contributed by atoms with Gasteiger partial charge in [-0.15, -0.1) is 11.3 Å². The summed E-state index contributed by atoms with van der Waals surface area (Å²) < 4.78 is 0. The minimum Gasteiger partial charge on any atom is -0.342 e. The molecule has 2 aliphatic carbocycles. The fourth-order valence-electron chi connectivity index (χ4n) is 4.88. The van der Waals surface area contributed by atoms with E-state index in [9.17, 15) is 9.59 Å². The third kappa shape index (κ3) is 2.52. The van der Waals surface area contributed by atoms with Crippen LogP contribution in [0.4, 0.5) is 0 Å². The van der Waals surface area contributed by atoms with E-state index in [1.165, 1.54) is 19.3 Å². The lowest BCUT2D eigenvalue weighted by molar-refractivity contribution is -0.137. The van der Waals surface area contributed by atoms with Crippen molar-refractivity contribution < 1.29 is 9.59 Å². The van der Waals surface area contributed by atoms with Crippen LogP contribution < -0.4 is 0 Å². The molecular weight excluding hydrogens is 334 g/mol. The summed E-state index contributed by atoms with van der Waals surface area (Å²) in [5.74, 6) is 1.54. The second kappa shape index (κ2) is 5.79. The molecule has 1 spiro atoms. The predicted molar refractivity (Wildman–Crippen MR) is 95.1 cm³/mol. The number of carbonyl (C=O) groups excluding carboxylic acids is 2. The first kappa shape index (κ1) is 15.8. The molecule has 4 aliphatic rings. The number of thiazole rings is 1. The molecule has 25 heavy (non-hydrogen) atoms. The molecule has 5 nitrogen and oxygen atoms in total. The maximum Gasteiger partial charge on any atom is 0.231 e. The minimum atomic E-state index is -0.424. The van der Waals surface area contributed by atoms with Gasteiger partial charge in [0.15, 0.2) is 0 Å². The number of likely N-dealkylation sites (tertiary alicyclic amines) is 2. The summed E-state index contributed by atoms with van der Waals surface area (Å²) in [6.07, 6.45) is 8.57. The van der Waals surface area contributed by atoms with Gasteiger partial charge >= 0.3 is 0 Å². The lowest BCUT2D eigenvalue weighted by Crippen LogP contribution is -2.42. The molecule has 2 aliphatic heterocycles. The molecule has 0 radical (unpaired) electrons. The maximum absolute atomic E-state index is 13.4. The molecule has 0 N–H and O–H groups in total. The van der Waals surface area contributed by atoms with Crippen molar-refractivity contribution in [3.05, 3.63) is 16.6 Å². The van der Waals surface area contributed by atoms with Gasteiger partial charge in [-0.1, -0.05) is 6.42 Å². The average molecular weight is 359 g/mol. The van der Waals surface area contributed by atoms with Crippen LogP contribution in [-0.4, -0.2) is 52.8 Å².